The van der Waals surface area contributed by atoms with Gasteiger partial charge in [0.15, 0.2) is 23.2 Å². The molecule has 0 spiro atoms. The van der Waals surface area contributed by atoms with E-state index in [1.54, 1.807) is 0 Å². The van der Waals surface area contributed by atoms with E-state index in [9.17, 15) is 18.0 Å². The largest absolute Gasteiger partial charge is 0.494 e. The summed E-state index contributed by atoms with van der Waals surface area (Å²) in [6.07, 6.45) is 0. The van der Waals surface area contributed by atoms with Crippen molar-refractivity contribution in [2.24, 2.45) is 0 Å². The monoisotopic (exact) mass is 344 g/mol. The number of ketones is 1. The zero-order valence-corrected chi connectivity index (χ0v) is 11.8. The Bertz CT molecular complexity index is 686. The second-order valence-electron chi connectivity index (χ2n) is 3.90. The third-order valence-electron chi connectivity index (χ3n) is 2.69. The fourth-order valence-electron chi connectivity index (χ4n) is 1.69. The van der Waals surface area contributed by atoms with Gasteiger partial charge in [0, 0.05) is 5.56 Å². The Morgan fingerprint density at radius 1 is 1.10 bits per heavy atom. The zero-order valence-electron chi connectivity index (χ0n) is 10.2. The van der Waals surface area contributed by atoms with Gasteiger partial charge in [-0.25, -0.2) is 13.2 Å². The van der Waals surface area contributed by atoms with E-state index < -0.39 is 28.8 Å². The first-order chi connectivity index (χ1) is 9.45. The molecule has 2 aromatic rings. The lowest BCUT2D eigenvalue weighted by Gasteiger charge is -2.07. The Hall–Kier alpha value is -1.82. The normalized spacial score (nSPS) is 10.4. The van der Waals surface area contributed by atoms with Crippen LogP contribution < -0.4 is 4.74 Å². The third kappa shape index (κ3) is 2.56. The van der Waals surface area contributed by atoms with Crippen LogP contribution in [0.25, 0.3) is 0 Å². The van der Waals surface area contributed by atoms with Crippen LogP contribution in [0.4, 0.5) is 13.2 Å². The van der Waals surface area contributed by atoms with Crippen LogP contribution in [0.3, 0.4) is 0 Å². The molecule has 2 rings (SSSR count). The lowest BCUT2D eigenvalue weighted by molar-refractivity contribution is 0.103. The molecule has 0 aromatic heterocycles. The van der Waals surface area contributed by atoms with Gasteiger partial charge in [-0.3, -0.25) is 4.79 Å². The fraction of sp³-hybridized carbons (Fsp3) is 0.0714. The van der Waals surface area contributed by atoms with Gasteiger partial charge in [0.05, 0.1) is 17.1 Å². The molecular weight excluding hydrogens is 337 g/mol. The van der Waals surface area contributed by atoms with Crippen molar-refractivity contribution in [3.05, 3.63) is 63.4 Å². The quantitative estimate of drug-likeness (QED) is 0.618. The smallest absolute Gasteiger partial charge is 0.199 e. The van der Waals surface area contributed by atoms with Crippen LogP contribution in [-0.4, -0.2) is 12.9 Å². The first-order valence-electron chi connectivity index (χ1n) is 5.47. The van der Waals surface area contributed by atoms with Crippen LogP contribution in [0.1, 0.15) is 15.9 Å². The molecule has 0 radical (unpaired) electrons. The van der Waals surface area contributed by atoms with E-state index in [1.807, 2.05) is 0 Å². The molecule has 0 saturated heterocycles. The van der Waals surface area contributed by atoms with Crippen LogP contribution in [0.15, 0.2) is 34.8 Å². The van der Waals surface area contributed by atoms with Gasteiger partial charge < -0.3 is 4.74 Å². The van der Waals surface area contributed by atoms with Gasteiger partial charge in [-0.2, -0.15) is 0 Å². The minimum absolute atomic E-state index is 0.0452. The summed E-state index contributed by atoms with van der Waals surface area (Å²) in [7, 11) is 1.27. The number of benzene rings is 2. The lowest BCUT2D eigenvalue weighted by Crippen LogP contribution is -2.08. The maximum atomic E-state index is 13.8. The Morgan fingerprint density at radius 3 is 2.40 bits per heavy atom. The molecule has 0 bridgehead atoms. The average Bonchev–Trinajstić information content (AvgIpc) is 2.43. The van der Waals surface area contributed by atoms with Gasteiger partial charge in [0.25, 0.3) is 0 Å². The van der Waals surface area contributed by atoms with E-state index in [-0.39, 0.29) is 15.8 Å². The minimum atomic E-state index is -1.02. The first kappa shape index (κ1) is 14.6. The molecular formula is C14H8BrF3O2. The van der Waals surface area contributed by atoms with E-state index in [0.717, 1.165) is 18.2 Å². The van der Waals surface area contributed by atoms with Gasteiger partial charge in [-0.1, -0.05) is 0 Å². The van der Waals surface area contributed by atoms with Crippen LogP contribution >= 0.6 is 15.9 Å². The van der Waals surface area contributed by atoms with Crippen molar-refractivity contribution < 1.29 is 22.7 Å². The molecule has 0 saturated carbocycles. The number of ether oxygens (including phenoxy) is 1. The highest BCUT2D eigenvalue weighted by atomic mass is 79.9. The standard InChI is InChI=1S/C14H8BrF3O2/c1-20-11-5-2-7(6-10(11)17)14(19)12-9(16)4-3-8(15)13(12)18/h2-6H,1H3. The molecule has 0 N–H and O–H groups in total. The van der Waals surface area contributed by atoms with E-state index in [2.05, 4.69) is 15.9 Å². The summed E-state index contributed by atoms with van der Waals surface area (Å²) in [6.45, 7) is 0. The SMILES string of the molecule is COc1ccc(C(=O)c2c(F)ccc(Br)c2F)cc1F. The second-order valence-corrected chi connectivity index (χ2v) is 4.75. The van der Waals surface area contributed by atoms with Crippen molar-refractivity contribution >= 4 is 21.7 Å². The highest BCUT2D eigenvalue weighted by Gasteiger charge is 2.22. The number of methoxy groups -OCH3 is 1. The zero-order chi connectivity index (χ0) is 14.9. The number of hydrogen-bond donors (Lipinski definition) is 0. The number of carbonyl (C=O) groups excluding carboxylic acids is 1. The predicted octanol–water partition coefficient (Wildman–Crippen LogP) is 4.11. The predicted molar refractivity (Wildman–Crippen MR) is 70.4 cm³/mol. The van der Waals surface area contributed by atoms with Gasteiger partial charge in [0.1, 0.15) is 5.82 Å². The molecule has 2 aromatic carbocycles. The van der Waals surface area contributed by atoms with Crippen molar-refractivity contribution in [1.29, 1.82) is 0 Å². The summed E-state index contributed by atoms with van der Waals surface area (Å²) in [6, 6.07) is 5.44. The van der Waals surface area contributed by atoms with Gasteiger partial charge in [0.2, 0.25) is 0 Å². The number of halogens is 4. The van der Waals surface area contributed by atoms with Crippen LogP contribution in [-0.2, 0) is 0 Å². The summed E-state index contributed by atoms with van der Waals surface area (Å²) in [5.41, 5.74) is -0.900. The molecule has 104 valence electrons. The number of carbonyl (C=O) groups is 1. The van der Waals surface area contributed by atoms with E-state index in [4.69, 9.17) is 4.74 Å². The highest BCUT2D eigenvalue weighted by molar-refractivity contribution is 9.10. The topological polar surface area (TPSA) is 26.3 Å². The van der Waals surface area contributed by atoms with Crippen molar-refractivity contribution in [2.75, 3.05) is 7.11 Å². The minimum Gasteiger partial charge on any atom is -0.494 e. The van der Waals surface area contributed by atoms with Crippen molar-refractivity contribution in [2.45, 2.75) is 0 Å². The molecule has 0 atom stereocenters. The molecule has 6 heteroatoms. The molecule has 0 aliphatic rings. The molecule has 0 fully saturated rings. The average molecular weight is 345 g/mol. The third-order valence-corrected chi connectivity index (χ3v) is 3.30. The molecule has 0 unspecified atom stereocenters. The Kier molecular flexibility index (Phi) is 4.13. The molecule has 20 heavy (non-hydrogen) atoms. The molecule has 0 aliphatic heterocycles. The summed E-state index contributed by atoms with van der Waals surface area (Å²) >= 11 is 2.87. The maximum absolute atomic E-state index is 13.8. The Labute approximate surface area is 121 Å². The molecule has 2 nitrogen and oxygen atoms in total. The Balaban J connectivity index is 2.52. The molecule has 0 aliphatic carbocycles. The van der Waals surface area contributed by atoms with E-state index in [0.29, 0.717) is 0 Å². The van der Waals surface area contributed by atoms with E-state index >= 15 is 0 Å². The first-order valence-corrected chi connectivity index (χ1v) is 6.26. The van der Waals surface area contributed by atoms with Crippen LogP contribution in [0, 0.1) is 17.5 Å². The van der Waals surface area contributed by atoms with E-state index in [1.165, 1.54) is 19.2 Å². The highest BCUT2D eigenvalue weighted by Crippen LogP contribution is 2.25. The number of hydrogen-bond acceptors (Lipinski definition) is 2. The Morgan fingerprint density at radius 2 is 1.80 bits per heavy atom. The van der Waals surface area contributed by atoms with Crippen molar-refractivity contribution in [3.8, 4) is 5.75 Å². The van der Waals surface area contributed by atoms with Gasteiger partial charge >= 0.3 is 0 Å². The summed E-state index contributed by atoms with van der Waals surface area (Å²) in [5, 5.41) is 0. The van der Waals surface area contributed by atoms with Crippen LogP contribution in [0.5, 0.6) is 5.75 Å². The maximum Gasteiger partial charge on any atom is 0.199 e. The number of rotatable bonds is 3. The lowest BCUT2D eigenvalue weighted by atomic mass is 10.0. The summed E-state index contributed by atoms with van der Waals surface area (Å²) < 4.78 is 45.6. The molecule has 0 heterocycles. The van der Waals surface area contributed by atoms with Gasteiger partial charge in [-0.15, -0.1) is 0 Å². The second kappa shape index (κ2) is 5.66. The summed E-state index contributed by atoms with van der Waals surface area (Å²) in [4.78, 5) is 12.1. The van der Waals surface area contributed by atoms with Gasteiger partial charge in [-0.05, 0) is 46.3 Å². The summed E-state index contributed by atoms with van der Waals surface area (Å²) in [5.74, 6) is -3.81. The fourth-order valence-corrected chi connectivity index (χ4v) is 2.02. The molecule has 0 amide bonds. The van der Waals surface area contributed by atoms with Crippen molar-refractivity contribution in [3.63, 3.8) is 0 Å². The van der Waals surface area contributed by atoms with Crippen molar-refractivity contribution in [1.82, 2.24) is 0 Å². The van der Waals surface area contributed by atoms with Crippen LogP contribution in [0.2, 0.25) is 0 Å².